The summed E-state index contributed by atoms with van der Waals surface area (Å²) in [5.74, 6) is -1.19. The lowest BCUT2D eigenvalue weighted by Crippen LogP contribution is -2.35. The van der Waals surface area contributed by atoms with E-state index in [1.54, 1.807) is 24.3 Å². The van der Waals surface area contributed by atoms with Crippen molar-refractivity contribution in [3.05, 3.63) is 60.4 Å². The van der Waals surface area contributed by atoms with Crippen LogP contribution in [0.25, 0.3) is 0 Å². The molecule has 0 spiro atoms. The third-order valence-electron chi connectivity index (χ3n) is 3.16. The number of amides is 1. The SMILES string of the molecule is C[C@H](Oc1ccc(F)cc1)C(=O)O[C@H](C)C(=O)Nc1ccccc1. The first kappa shape index (κ1) is 17.5. The zero-order valence-corrected chi connectivity index (χ0v) is 13.4. The van der Waals surface area contributed by atoms with Crippen molar-refractivity contribution in [2.75, 3.05) is 5.32 Å². The molecule has 0 unspecified atom stereocenters. The number of benzene rings is 2. The number of carbonyl (C=O) groups excluding carboxylic acids is 2. The predicted molar refractivity (Wildman–Crippen MR) is 87.1 cm³/mol. The van der Waals surface area contributed by atoms with E-state index in [9.17, 15) is 14.0 Å². The number of halogens is 1. The first-order chi connectivity index (χ1) is 11.5. The lowest BCUT2D eigenvalue weighted by molar-refractivity contribution is -0.159. The average Bonchev–Trinajstić information content (AvgIpc) is 2.57. The molecule has 0 aliphatic rings. The Morgan fingerprint density at radius 3 is 2.21 bits per heavy atom. The highest BCUT2D eigenvalue weighted by Gasteiger charge is 2.23. The van der Waals surface area contributed by atoms with Crippen LogP contribution in [0, 0.1) is 5.82 Å². The molecule has 5 nitrogen and oxygen atoms in total. The van der Waals surface area contributed by atoms with Crippen LogP contribution in [0.5, 0.6) is 5.75 Å². The predicted octanol–water partition coefficient (Wildman–Crippen LogP) is 3.16. The Balaban J connectivity index is 1.85. The number of anilines is 1. The normalized spacial score (nSPS) is 12.8. The number of hydrogen-bond acceptors (Lipinski definition) is 4. The van der Waals surface area contributed by atoms with Gasteiger partial charge in [-0.25, -0.2) is 9.18 Å². The van der Waals surface area contributed by atoms with Crippen LogP contribution >= 0.6 is 0 Å². The molecule has 0 saturated heterocycles. The Morgan fingerprint density at radius 2 is 1.58 bits per heavy atom. The molecule has 0 radical (unpaired) electrons. The van der Waals surface area contributed by atoms with E-state index in [2.05, 4.69) is 5.32 Å². The Morgan fingerprint density at radius 1 is 0.958 bits per heavy atom. The van der Waals surface area contributed by atoms with Crippen LogP contribution in [0.4, 0.5) is 10.1 Å². The van der Waals surface area contributed by atoms with Crippen molar-refractivity contribution >= 4 is 17.6 Å². The minimum atomic E-state index is -0.975. The minimum Gasteiger partial charge on any atom is -0.479 e. The molecule has 0 saturated carbocycles. The van der Waals surface area contributed by atoms with Crippen molar-refractivity contribution < 1.29 is 23.5 Å². The van der Waals surface area contributed by atoms with E-state index in [0.717, 1.165) is 0 Å². The maximum Gasteiger partial charge on any atom is 0.347 e. The van der Waals surface area contributed by atoms with Crippen LogP contribution in [-0.4, -0.2) is 24.1 Å². The average molecular weight is 331 g/mol. The fourth-order valence-electron chi connectivity index (χ4n) is 1.85. The molecule has 2 rings (SSSR count). The molecule has 126 valence electrons. The van der Waals surface area contributed by atoms with E-state index < -0.39 is 29.9 Å². The second-order valence-corrected chi connectivity index (χ2v) is 5.15. The molecular weight excluding hydrogens is 313 g/mol. The van der Waals surface area contributed by atoms with Gasteiger partial charge in [0.1, 0.15) is 11.6 Å². The van der Waals surface area contributed by atoms with E-state index in [0.29, 0.717) is 11.4 Å². The van der Waals surface area contributed by atoms with E-state index in [1.807, 2.05) is 6.07 Å². The maximum absolute atomic E-state index is 12.8. The van der Waals surface area contributed by atoms with Gasteiger partial charge in [-0.3, -0.25) is 4.79 Å². The number of ether oxygens (including phenoxy) is 2. The Bertz CT molecular complexity index is 688. The van der Waals surface area contributed by atoms with Gasteiger partial charge < -0.3 is 14.8 Å². The summed E-state index contributed by atoms with van der Waals surface area (Å²) in [6.07, 6.45) is -1.90. The maximum atomic E-state index is 12.8. The van der Waals surface area contributed by atoms with Gasteiger partial charge in [-0.15, -0.1) is 0 Å². The van der Waals surface area contributed by atoms with E-state index >= 15 is 0 Å². The van der Waals surface area contributed by atoms with Crippen molar-refractivity contribution in [1.29, 1.82) is 0 Å². The Kier molecular flexibility index (Phi) is 5.89. The van der Waals surface area contributed by atoms with Gasteiger partial charge in [0.15, 0.2) is 12.2 Å². The zero-order valence-electron chi connectivity index (χ0n) is 13.4. The van der Waals surface area contributed by atoms with Gasteiger partial charge in [0.05, 0.1) is 0 Å². The van der Waals surface area contributed by atoms with Crippen LogP contribution < -0.4 is 10.1 Å². The molecule has 2 atom stereocenters. The van der Waals surface area contributed by atoms with Gasteiger partial charge in [-0.2, -0.15) is 0 Å². The number of esters is 1. The molecule has 0 aliphatic carbocycles. The summed E-state index contributed by atoms with van der Waals surface area (Å²) in [7, 11) is 0. The highest BCUT2D eigenvalue weighted by molar-refractivity contribution is 5.95. The number of rotatable bonds is 6. The lowest BCUT2D eigenvalue weighted by atomic mass is 10.3. The van der Waals surface area contributed by atoms with Gasteiger partial charge in [-0.1, -0.05) is 18.2 Å². The first-order valence-corrected chi connectivity index (χ1v) is 7.44. The summed E-state index contributed by atoms with van der Waals surface area (Å²) < 4.78 is 23.3. The van der Waals surface area contributed by atoms with Crippen molar-refractivity contribution in [3.8, 4) is 5.75 Å². The van der Waals surface area contributed by atoms with Gasteiger partial charge in [0, 0.05) is 5.69 Å². The molecule has 0 aliphatic heterocycles. The topological polar surface area (TPSA) is 64.6 Å². The van der Waals surface area contributed by atoms with Crippen LogP contribution in [-0.2, 0) is 14.3 Å². The van der Waals surface area contributed by atoms with Gasteiger partial charge in [0.2, 0.25) is 0 Å². The second-order valence-electron chi connectivity index (χ2n) is 5.15. The van der Waals surface area contributed by atoms with Gasteiger partial charge in [0.25, 0.3) is 5.91 Å². The molecule has 1 N–H and O–H groups in total. The Hall–Kier alpha value is -2.89. The monoisotopic (exact) mass is 331 g/mol. The molecular formula is C18H18FNO4. The highest BCUT2D eigenvalue weighted by Crippen LogP contribution is 2.14. The number of para-hydroxylation sites is 1. The van der Waals surface area contributed by atoms with Gasteiger partial charge >= 0.3 is 5.97 Å². The molecule has 0 bridgehead atoms. The summed E-state index contributed by atoms with van der Waals surface area (Å²) in [4.78, 5) is 24.0. The fourth-order valence-corrected chi connectivity index (χ4v) is 1.85. The van der Waals surface area contributed by atoms with Gasteiger partial charge in [-0.05, 0) is 50.2 Å². The summed E-state index contributed by atoms with van der Waals surface area (Å²) >= 11 is 0. The number of hydrogen-bond donors (Lipinski definition) is 1. The summed E-state index contributed by atoms with van der Waals surface area (Å²) in [6.45, 7) is 2.97. The van der Waals surface area contributed by atoms with Crippen molar-refractivity contribution in [2.45, 2.75) is 26.1 Å². The molecule has 0 fully saturated rings. The smallest absolute Gasteiger partial charge is 0.347 e. The largest absolute Gasteiger partial charge is 0.479 e. The van der Waals surface area contributed by atoms with Crippen molar-refractivity contribution in [3.63, 3.8) is 0 Å². The third-order valence-corrected chi connectivity index (χ3v) is 3.16. The number of carbonyl (C=O) groups is 2. The van der Waals surface area contributed by atoms with Crippen LogP contribution in [0.3, 0.4) is 0 Å². The first-order valence-electron chi connectivity index (χ1n) is 7.44. The van der Waals surface area contributed by atoms with Crippen molar-refractivity contribution in [2.24, 2.45) is 0 Å². The summed E-state index contributed by atoms with van der Waals surface area (Å²) in [6, 6.07) is 14.1. The van der Waals surface area contributed by atoms with Crippen molar-refractivity contribution in [1.82, 2.24) is 0 Å². The fraction of sp³-hybridized carbons (Fsp3) is 0.222. The summed E-state index contributed by atoms with van der Waals surface area (Å²) in [5, 5.41) is 2.64. The van der Waals surface area contributed by atoms with E-state index in [1.165, 1.54) is 38.1 Å². The van der Waals surface area contributed by atoms with E-state index in [4.69, 9.17) is 9.47 Å². The molecule has 24 heavy (non-hydrogen) atoms. The van der Waals surface area contributed by atoms with E-state index in [-0.39, 0.29) is 0 Å². The second kappa shape index (κ2) is 8.10. The molecule has 2 aromatic rings. The van der Waals surface area contributed by atoms with Crippen LogP contribution in [0.1, 0.15) is 13.8 Å². The zero-order chi connectivity index (χ0) is 17.5. The standard InChI is InChI=1S/C18H18FNO4/c1-12(17(21)20-15-6-4-3-5-7-15)24-18(22)13(2)23-16-10-8-14(19)9-11-16/h3-13H,1-2H3,(H,20,21)/t12-,13+/m1/s1. The third kappa shape index (κ3) is 5.08. The molecule has 2 aromatic carbocycles. The summed E-state index contributed by atoms with van der Waals surface area (Å²) in [5.41, 5.74) is 0.612. The molecule has 6 heteroatoms. The lowest BCUT2D eigenvalue weighted by Gasteiger charge is -2.17. The number of nitrogens with one attached hydrogen (secondary N) is 1. The van der Waals surface area contributed by atoms with Crippen LogP contribution in [0.15, 0.2) is 54.6 Å². The molecule has 0 aromatic heterocycles. The Labute approximate surface area is 139 Å². The molecule has 0 heterocycles. The molecule has 1 amide bonds. The highest BCUT2D eigenvalue weighted by atomic mass is 19.1. The van der Waals surface area contributed by atoms with Crippen LogP contribution in [0.2, 0.25) is 0 Å². The minimum absolute atomic E-state index is 0.335. The quantitative estimate of drug-likeness (QED) is 0.826.